The van der Waals surface area contributed by atoms with Crippen LogP contribution in [0.15, 0.2) is 41.8 Å². The summed E-state index contributed by atoms with van der Waals surface area (Å²) in [4.78, 5) is 13.7. The average Bonchev–Trinajstić information content (AvgIpc) is 3.21. The summed E-state index contributed by atoms with van der Waals surface area (Å²) in [5.74, 6) is 1.19. The van der Waals surface area contributed by atoms with Gasteiger partial charge in [-0.1, -0.05) is 35.9 Å². The zero-order chi connectivity index (χ0) is 18.1. The van der Waals surface area contributed by atoms with Crippen molar-refractivity contribution < 1.29 is 4.79 Å². The highest BCUT2D eigenvalue weighted by molar-refractivity contribution is 7.71. The molecule has 0 bridgehead atoms. The summed E-state index contributed by atoms with van der Waals surface area (Å²) in [6, 6.07) is 12.4. The van der Waals surface area contributed by atoms with E-state index >= 15 is 0 Å². The molecule has 1 saturated carbocycles. The van der Waals surface area contributed by atoms with E-state index in [1.165, 1.54) is 11.1 Å². The van der Waals surface area contributed by atoms with Crippen molar-refractivity contribution in [2.45, 2.75) is 32.4 Å². The molecule has 0 saturated heterocycles. The van der Waals surface area contributed by atoms with Crippen LogP contribution < -0.4 is 5.32 Å². The molecule has 134 valence electrons. The number of aryl methyl sites for hydroxylation is 1. The summed E-state index contributed by atoms with van der Waals surface area (Å²) in [5.41, 5.74) is 2.39. The largest absolute Gasteiger partial charge is 0.347 e. The Kier molecular flexibility index (Phi) is 4.74. The molecular formula is C19H20N4OS2. The summed E-state index contributed by atoms with van der Waals surface area (Å²) in [5, 5.41) is 12.3. The summed E-state index contributed by atoms with van der Waals surface area (Å²) in [6.45, 7) is 2.24. The van der Waals surface area contributed by atoms with E-state index in [1.54, 1.807) is 15.9 Å². The zero-order valence-electron chi connectivity index (χ0n) is 14.4. The lowest BCUT2D eigenvalue weighted by atomic mass is 10.0. The molecule has 1 aliphatic rings. The molecule has 0 radical (unpaired) electrons. The smallest absolute Gasteiger partial charge is 0.240 e. The van der Waals surface area contributed by atoms with Crippen molar-refractivity contribution in [3.8, 4) is 10.7 Å². The number of rotatable bonds is 6. The highest BCUT2D eigenvalue weighted by Crippen LogP contribution is 2.41. The van der Waals surface area contributed by atoms with Crippen molar-refractivity contribution in [2.75, 3.05) is 0 Å². The highest BCUT2D eigenvalue weighted by Gasteiger charge is 2.33. The van der Waals surface area contributed by atoms with Gasteiger partial charge in [0.25, 0.3) is 0 Å². The van der Waals surface area contributed by atoms with Gasteiger partial charge in [0.2, 0.25) is 5.91 Å². The van der Waals surface area contributed by atoms with Crippen LogP contribution in [0.3, 0.4) is 0 Å². The Morgan fingerprint density at radius 1 is 1.38 bits per heavy atom. The zero-order valence-corrected chi connectivity index (χ0v) is 16.1. The molecule has 5 nitrogen and oxygen atoms in total. The number of aromatic nitrogens is 3. The number of benzene rings is 1. The van der Waals surface area contributed by atoms with E-state index in [-0.39, 0.29) is 18.5 Å². The highest BCUT2D eigenvalue weighted by atomic mass is 32.1. The number of amides is 1. The second-order valence-electron chi connectivity index (χ2n) is 6.71. The fraction of sp³-hybridized carbons (Fsp3) is 0.316. The molecule has 1 unspecified atom stereocenters. The molecular weight excluding hydrogens is 364 g/mol. The van der Waals surface area contributed by atoms with Crippen molar-refractivity contribution in [2.24, 2.45) is 5.92 Å². The predicted molar refractivity (Wildman–Crippen MR) is 106 cm³/mol. The first kappa shape index (κ1) is 17.2. The van der Waals surface area contributed by atoms with Gasteiger partial charge >= 0.3 is 0 Å². The number of thiophene rings is 1. The number of H-pyrrole nitrogens is 1. The van der Waals surface area contributed by atoms with Gasteiger partial charge in [-0.2, -0.15) is 5.10 Å². The molecule has 0 aliphatic heterocycles. The van der Waals surface area contributed by atoms with Crippen molar-refractivity contribution in [1.29, 1.82) is 0 Å². The molecule has 1 atom stereocenters. The van der Waals surface area contributed by atoms with E-state index in [1.807, 2.05) is 17.5 Å². The summed E-state index contributed by atoms with van der Waals surface area (Å²) in [7, 11) is 0. The molecule has 26 heavy (non-hydrogen) atoms. The first-order chi connectivity index (χ1) is 12.6. The summed E-state index contributed by atoms with van der Waals surface area (Å²) in [6.07, 6.45) is 2.31. The molecule has 0 spiro atoms. The van der Waals surface area contributed by atoms with Crippen molar-refractivity contribution in [3.05, 3.63) is 57.7 Å². The quantitative estimate of drug-likeness (QED) is 0.625. The number of carbonyl (C=O) groups is 1. The van der Waals surface area contributed by atoms with E-state index in [0.717, 1.165) is 17.7 Å². The lowest BCUT2D eigenvalue weighted by Gasteiger charge is -2.19. The second-order valence-corrected chi connectivity index (χ2v) is 8.04. The third kappa shape index (κ3) is 3.64. The number of nitrogens with one attached hydrogen (secondary N) is 2. The van der Waals surface area contributed by atoms with Crippen LogP contribution in [0.2, 0.25) is 0 Å². The lowest BCUT2D eigenvalue weighted by molar-refractivity contribution is -0.122. The number of hydrogen-bond donors (Lipinski definition) is 2. The topological polar surface area (TPSA) is 62.7 Å². The number of hydrogen-bond acceptors (Lipinski definition) is 4. The van der Waals surface area contributed by atoms with E-state index in [0.29, 0.717) is 16.5 Å². The number of aromatic amines is 1. The molecule has 7 heteroatoms. The van der Waals surface area contributed by atoms with E-state index in [2.05, 4.69) is 46.7 Å². The van der Waals surface area contributed by atoms with Crippen LogP contribution in [0.5, 0.6) is 0 Å². The first-order valence-corrected chi connectivity index (χ1v) is 9.95. The van der Waals surface area contributed by atoms with Gasteiger partial charge in [0.05, 0.1) is 10.9 Å². The van der Waals surface area contributed by atoms with Gasteiger partial charge in [0.15, 0.2) is 10.6 Å². The van der Waals surface area contributed by atoms with Gasteiger partial charge in [-0.15, -0.1) is 11.3 Å². The Labute approximate surface area is 161 Å². The van der Waals surface area contributed by atoms with Crippen LogP contribution in [-0.4, -0.2) is 20.7 Å². The molecule has 2 heterocycles. The maximum Gasteiger partial charge on any atom is 0.240 e. The third-order valence-electron chi connectivity index (χ3n) is 4.65. The maximum atomic E-state index is 12.8. The fourth-order valence-corrected chi connectivity index (χ4v) is 4.02. The summed E-state index contributed by atoms with van der Waals surface area (Å²) < 4.78 is 2.22. The van der Waals surface area contributed by atoms with Crippen LogP contribution in [0.1, 0.15) is 30.0 Å². The van der Waals surface area contributed by atoms with Crippen LogP contribution >= 0.6 is 23.6 Å². The van der Waals surface area contributed by atoms with Crippen molar-refractivity contribution in [1.82, 2.24) is 20.1 Å². The average molecular weight is 385 g/mol. The molecule has 4 rings (SSSR count). The monoisotopic (exact) mass is 384 g/mol. The minimum absolute atomic E-state index is 0.0437. The van der Waals surface area contributed by atoms with Crippen molar-refractivity contribution in [3.63, 3.8) is 0 Å². The molecule has 1 amide bonds. The lowest BCUT2D eigenvalue weighted by Crippen LogP contribution is -2.33. The molecule has 1 aliphatic carbocycles. The number of carbonyl (C=O) groups excluding carboxylic acids is 1. The predicted octanol–water partition coefficient (Wildman–Crippen LogP) is 4.25. The van der Waals surface area contributed by atoms with E-state index in [4.69, 9.17) is 12.2 Å². The Morgan fingerprint density at radius 3 is 2.81 bits per heavy atom. The van der Waals surface area contributed by atoms with Crippen LogP contribution in [-0.2, 0) is 11.3 Å². The van der Waals surface area contributed by atoms with Gasteiger partial charge in [0.1, 0.15) is 6.54 Å². The standard InChI is InChI=1S/C19H20N4OS2/c1-12-4-6-13(7-5-12)17(14-8-9-14)20-16(24)11-23-18(21-22-19(23)25)15-3-2-10-26-15/h2-7,10,14,17H,8-9,11H2,1H3,(H,20,24)(H,22,25). The van der Waals surface area contributed by atoms with E-state index < -0.39 is 0 Å². The Morgan fingerprint density at radius 2 is 2.15 bits per heavy atom. The SMILES string of the molecule is Cc1ccc(C(NC(=O)Cn2c(-c3cccs3)n[nH]c2=S)C2CC2)cc1. The van der Waals surface area contributed by atoms with Crippen LogP contribution in [0.25, 0.3) is 10.7 Å². The Hall–Kier alpha value is -2.25. The third-order valence-corrected chi connectivity index (χ3v) is 5.83. The normalized spacial score (nSPS) is 15.0. The van der Waals surface area contributed by atoms with Crippen molar-refractivity contribution >= 4 is 29.5 Å². The van der Waals surface area contributed by atoms with Gasteiger partial charge in [0, 0.05) is 0 Å². The summed E-state index contributed by atoms with van der Waals surface area (Å²) >= 11 is 6.90. The molecule has 1 aromatic carbocycles. The molecule has 2 aromatic heterocycles. The first-order valence-electron chi connectivity index (χ1n) is 8.67. The number of nitrogens with zero attached hydrogens (tertiary/aromatic N) is 2. The molecule has 3 aromatic rings. The maximum absolute atomic E-state index is 12.8. The minimum atomic E-state index is -0.0437. The Balaban J connectivity index is 1.52. The van der Waals surface area contributed by atoms with Gasteiger partial charge in [-0.3, -0.25) is 14.5 Å². The van der Waals surface area contributed by atoms with E-state index in [9.17, 15) is 4.79 Å². The molecule has 1 fully saturated rings. The van der Waals surface area contributed by atoms with Crippen LogP contribution in [0, 0.1) is 17.6 Å². The van der Waals surface area contributed by atoms with Gasteiger partial charge in [-0.25, -0.2) is 0 Å². The van der Waals surface area contributed by atoms with Crippen LogP contribution in [0.4, 0.5) is 0 Å². The fourth-order valence-electron chi connectivity index (χ4n) is 3.10. The van der Waals surface area contributed by atoms with Gasteiger partial charge < -0.3 is 5.32 Å². The van der Waals surface area contributed by atoms with Gasteiger partial charge in [-0.05, 0) is 54.9 Å². The minimum Gasteiger partial charge on any atom is -0.347 e. The Bertz CT molecular complexity index is 952. The second kappa shape index (κ2) is 7.17. The molecule has 2 N–H and O–H groups in total.